The van der Waals surface area contributed by atoms with Gasteiger partial charge in [-0.25, -0.2) is 0 Å². The van der Waals surface area contributed by atoms with Crippen LogP contribution in [0.3, 0.4) is 0 Å². The van der Waals surface area contributed by atoms with Crippen molar-refractivity contribution in [2.24, 2.45) is 4.99 Å². The number of ether oxygens (including phenoxy) is 1. The number of hydrogen-bond donors (Lipinski definition) is 3. The Morgan fingerprint density at radius 3 is 2.03 bits per heavy atom. The van der Waals surface area contributed by atoms with Crippen molar-refractivity contribution in [3.05, 3.63) is 65.2 Å². The first kappa shape index (κ1) is 23.1. The van der Waals surface area contributed by atoms with Gasteiger partial charge in [-0.15, -0.1) is 0 Å². The van der Waals surface area contributed by atoms with E-state index < -0.39 is 0 Å². The van der Waals surface area contributed by atoms with Crippen molar-refractivity contribution < 1.29 is 4.74 Å². The van der Waals surface area contributed by atoms with Gasteiger partial charge < -0.3 is 20.7 Å². The van der Waals surface area contributed by atoms with E-state index in [1.807, 2.05) is 0 Å². The standard InChI is InChI=1S/C25H37N5O/c1-26-25(29-19-22-10-12-24(13-11-22)27-14-17-31-2)28-18-21-6-8-23(9-7-21)20-30-15-4-3-5-16-30/h6-13,27H,3-5,14-20H2,1-2H3,(H2,26,28,29). The van der Waals surface area contributed by atoms with Gasteiger partial charge in [0.2, 0.25) is 0 Å². The molecule has 1 saturated heterocycles. The molecule has 1 fully saturated rings. The van der Waals surface area contributed by atoms with Crippen molar-refractivity contribution in [3.63, 3.8) is 0 Å². The molecule has 0 saturated carbocycles. The van der Waals surface area contributed by atoms with Crippen LogP contribution in [0.4, 0.5) is 5.69 Å². The van der Waals surface area contributed by atoms with Crippen LogP contribution in [-0.4, -0.2) is 51.3 Å². The third-order valence-corrected chi connectivity index (χ3v) is 5.61. The van der Waals surface area contributed by atoms with Crippen LogP contribution >= 0.6 is 0 Å². The first-order valence-corrected chi connectivity index (χ1v) is 11.3. The highest BCUT2D eigenvalue weighted by molar-refractivity contribution is 5.79. The highest BCUT2D eigenvalue weighted by Gasteiger charge is 2.10. The van der Waals surface area contributed by atoms with E-state index >= 15 is 0 Å². The maximum atomic E-state index is 5.06. The molecule has 0 radical (unpaired) electrons. The zero-order valence-corrected chi connectivity index (χ0v) is 19.0. The maximum absolute atomic E-state index is 5.06. The Morgan fingerprint density at radius 2 is 1.45 bits per heavy atom. The highest BCUT2D eigenvalue weighted by Crippen LogP contribution is 2.14. The predicted octanol–water partition coefficient (Wildman–Crippen LogP) is 3.60. The average molecular weight is 424 g/mol. The fourth-order valence-electron chi connectivity index (χ4n) is 3.77. The van der Waals surface area contributed by atoms with Crippen LogP contribution in [0.2, 0.25) is 0 Å². The lowest BCUT2D eigenvalue weighted by atomic mass is 10.1. The topological polar surface area (TPSA) is 60.9 Å². The molecular weight excluding hydrogens is 386 g/mol. The van der Waals surface area contributed by atoms with Gasteiger partial charge in [0.1, 0.15) is 0 Å². The molecule has 1 aliphatic heterocycles. The average Bonchev–Trinajstić information content (AvgIpc) is 2.82. The minimum atomic E-state index is 0.701. The summed E-state index contributed by atoms with van der Waals surface area (Å²) in [6.45, 7) is 6.53. The van der Waals surface area contributed by atoms with E-state index in [1.54, 1.807) is 14.2 Å². The molecule has 0 amide bonds. The molecular formula is C25H37N5O. The van der Waals surface area contributed by atoms with Gasteiger partial charge in [0, 0.05) is 46.0 Å². The van der Waals surface area contributed by atoms with Gasteiger partial charge in [-0.05, 0) is 54.8 Å². The van der Waals surface area contributed by atoms with Crippen molar-refractivity contribution in [2.75, 3.05) is 45.7 Å². The lowest BCUT2D eigenvalue weighted by Crippen LogP contribution is -2.36. The second-order valence-electron chi connectivity index (χ2n) is 8.05. The zero-order valence-electron chi connectivity index (χ0n) is 19.0. The molecule has 2 aromatic rings. The summed E-state index contributed by atoms with van der Waals surface area (Å²) in [6.07, 6.45) is 4.06. The van der Waals surface area contributed by atoms with Gasteiger partial charge in [0.05, 0.1) is 6.61 Å². The normalized spacial score (nSPS) is 15.0. The van der Waals surface area contributed by atoms with Gasteiger partial charge in [-0.2, -0.15) is 0 Å². The predicted molar refractivity (Wildman–Crippen MR) is 129 cm³/mol. The van der Waals surface area contributed by atoms with Crippen LogP contribution in [0.1, 0.15) is 36.0 Å². The van der Waals surface area contributed by atoms with Gasteiger partial charge in [0.25, 0.3) is 0 Å². The minimum absolute atomic E-state index is 0.701. The Labute approximate surface area is 187 Å². The molecule has 0 spiro atoms. The van der Waals surface area contributed by atoms with Gasteiger partial charge in [0.15, 0.2) is 5.96 Å². The van der Waals surface area contributed by atoms with Gasteiger partial charge in [-0.1, -0.05) is 42.8 Å². The van der Waals surface area contributed by atoms with Crippen molar-refractivity contribution in [1.29, 1.82) is 0 Å². The molecule has 168 valence electrons. The van der Waals surface area contributed by atoms with Crippen LogP contribution in [0.5, 0.6) is 0 Å². The lowest BCUT2D eigenvalue weighted by Gasteiger charge is -2.26. The van der Waals surface area contributed by atoms with Crippen molar-refractivity contribution in [2.45, 2.75) is 38.9 Å². The SMILES string of the molecule is CN=C(NCc1ccc(CN2CCCCC2)cc1)NCc1ccc(NCCOC)cc1. The molecule has 1 heterocycles. The minimum Gasteiger partial charge on any atom is -0.383 e. The van der Waals surface area contributed by atoms with E-state index in [4.69, 9.17) is 4.74 Å². The Hall–Kier alpha value is -2.57. The van der Waals surface area contributed by atoms with E-state index in [-0.39, 0.29) is 0 Å². The number of nitrogens with zero attached hydrogens (tertiary/aromatic N) is 2. The summed E-state index contributed by atoms with van der Waals surface area (Å²) in [5.74, 6) is 0.805. The number of anilines is 1. The van der Waals surface area contributed by atoms with Crippen LogP contribution in [0.15, 0.2) is 53.5 Å². The van der Waals surface area contributed by atoms with E-state index in [1.165, 1.54) is 49.0 Å². The van der Waals surface area contributed by atoms with E-state index in [2.05, 4.69) is 74.4 Å². The summed E-state index contributed by atoms with van der Waals surface area (Å²) in [7, 11) is 3.52. The maximum Gasteiger partial charge on any atom is 0.191 e. The van der Waals surface area contributed by atoms with Gasteiger partial charge >= 0.3 is 0 Å². The molecule has 0 atom stereocenters. The van der Waals surface area contributed by atoms with Crippen molar-refractivity contribution in [3.8, 4) is 0 Å². The molecule has 3 N–H and O–H groups in total. The molecule has 6 nitrogen and oxygen atoms in total. The summed E-state index contributed by atoms with van der Waals surface area (Å²) in [6, 6.07) is 17.4. The fourth-order valence-corrected chi connectivity index (χ4v) is 3.77. The Balaban J connectivity index is 1.39. The van der Waals surface area contributed by atoms with E-state index in [0.717, 1.165) is 37.8 Å². The molecule has 0 unspecified atom stereocenters. The van der Waals surface area contributed by atoms with Crippen molar-refractivity contribution in [1.82, 2.24) is 15.5 Å². The van der Waals surface area contributed by atoms with Gasteiger partial charge in [-0.3, -0.25) is 9.89 Å². The number of hydrogen-bond acceptors (Lipinski definition) is 4. The van der Waals surface area contributed by atoms with E-state index in [0.29, 0.717) is 6.61 Å². The molecule has 1 aliphatic rings. The number of piperidine rings is 1. The van der Waals surface area contributed by atoms with Crippen LogP contribution < -0.4 is 16.0 Å². The fraction of sp³-hybridized carbons (Fsp3) is 0.480. The highest BCUT2D eigenvalue weighted by atomic mass is 16.5. The zero-order chi connectivity index (χ0) is 21.7. The molecule has 6 heteroatoms. The third-order valence-electron chi connectivity index (χ3n) is 5.61. The molecule has 0 bridgehead atoms. The third kappa shape index (κ3) is 8.23. The summed E-state index contributed by atoms with van der Waals surface area (Å²) in [5.41, 5.74) is 4.97. The van der Waals surface area contributed by atoms with Crippen LogP contribution in [0, 0.1) is 0 Å². The second-order valence-corrected chi connectivity index (χ2v) is 8.05. The first-order valence-electron chi connectivity index (χ1n) is 11.3. The van der Waals surface area contributed by atoms with E-state index in [9.17, 15) is 0 Å². The summed E-state index contributed by atoms with van der Waals surface area (Å²) in [5, 5.41) is 10.1. The first-order chi connectivity index (χ1) is 15.3. The second kappa shape index (κ2) is 13.0. The lowest BCUT2D eigenvalue weighted by molar-refractivity contribution is 0.211. The monoisotopic (exact) mass is 423 g/mol. The molecule has 31 heavy (non-hydrogen) atoms. The molecule has 0 aromatic heterocycles. The Morgan fingerprint density at radius 1 is 0.871 bits per heavy atom. The number of likely N-dealkylation sites (tertiary alicyclic amines) is 1. The smallest absolute Gasteiger partial charge is 0.191 e. The van der Waals surface area contributed by atoms with Crippen molar-refractivity contribution >= 4 is 11.6 Å². The number of methoxy groups -OCH3 is 1. The number of benzene rings is 2. The Bertz CT molecular complexity index is 783. The molecule has 2 aromatic carbocycles. The largest absolute Gasteiger partial charge is 0.383 e. The molecule has 3 rings (SSSR count). The number of guanidine groups is 1. The Kier molecular flexibility index (Phi) is 9.67. The van der Waals surface area contributed by atoms with Crippen LogP contribution in [0.25, 0.3) is 0 Å². The number of aliphatic imine (C=N–C) groups is 1. The molecule has 0 aliphatic carbocycles. The summed E-state index contributed by atoms with van der Waals surface area (Å²) >= 11 is 0. The van der Waals surface area contributed by atoms with Crippen LogP contribution in [-0.2, 0) is 24.4 Å². The summed E-state index contributed by atoms with van der Waals surface area (Å²) < 4.78 is 5.06. The quantitative estimate of drug-likeness (QED) is 0.310. The summed E-state index contributed by atoms with van der Waals surface area (Å²) in [4.78, 5) is 6.90. The number of rotatable bonds is 10. The number of nitrogens with one attached hydrogen (secondary N) is 3.